The summed E-state index contributed by atoms with van der Waals surface area (Å²) in [5.41, 5.74) is 1.65. The fourth-order valence-corrected chi connectivity index (χ4v) is 1.18. The number of aromatic nitrogens is 2. The summed E-state index contributed by atoms with van der Waals surface area (Å²) in [6.07, 6.45) is 5.17. The lowest BCUT2D eigenvalue weighted by molar-refractivity contribution is 0.760. The summed E-state index contributed by atoms with van der Waals surface area (Å²) >= 11 is 0. The minimum atomic E-state index is 0.575. The fraction of sp³-hybridized carbons (Fsp3) is 0.556. The fourth-order valence-electron chi connectivity index (χ4n) is 1.18. The van der Waals surface area contributed by atoms with E-state index in [1.54, 1.807) is 4.68 Å². The van der Waals surface area contributed by atoms with Gasteiger partial charge in [-0.3, -0.25) is 4.68 Å². The number of aryl methyl sites for hydroxylation is 2. The third kappa shape index (κ3) is 1.85. The highest BCUT2D eigenvalue weighted by molar-refractivity contribution is 5.28. The highest BCUT2D eigenvalue weighted by Crippen LogP contribution is 2.08. The van der Waals surface area contributed by atoms with Gasteiger partial charge >= 0.3 is 0 Å². The van der Waals surface area contributed by atoms with Crippen molar-refractivity contribution in [2.75, 3.05) is 0 Å². The summed E-state index contributed by atoms with van der Waals surface area (Å²) in [6, 6.07) is 2.09. The van der Waals surface area contributed by atoms with Crippen LogP contribution in [0.3, 0.4) is 0 Å². The van der Waals surface area contributed by atoms with Crippen molar-refractivity contribution in [3.8, 4) is 6.07 Å². The van der Waals surface area contributed by atoms with E-state index in [9.17, 15) is 0 Å². The van der Waals surface area contributed by atoms with Crippen LogP contribution < -0.4 is 0 Å². The number of nitrogens with zero attached hydrogens (tertiary/aromatic N) is 3. The molecule has 0 N–H and O–H groups in total. The van der Waals surface area contributed by atoms with Crippen LogP contribution in [0.15, 0.2) is 6.20 Å². The summed E-state index contributed by atoms with van der Waals surface area (Å²) in [5.74, 6) is 0. The Morgan fingerprint density at radius 1 is 1.67 bits per heavy atom. The summed E-state index contributed by atoms with van der Waals surface area (Å²) in [7, 11) is 1.84. The van der Waals surface area contributed by atoms with Crippen molar-refractivity contribution in [3.63, 3.8) is 0 Å². The Balaban J connectivity index is 2.77. The molecular formula is C9H13N3. The van der Waals surface area contributed by atoms with Gasteiger partial charge in [0, 0.05) is 18.8 Å². The zero-order valence-corrected chi connectivity index (χ0v) is 7.54. The molecule has 0 atom stereocenters. The molecule has 0 aliphatic rings. The van der Waals surface area contributed by atoms with E-state index in [0.717, 1.165) is 24.8 Å². The Bertz CT molecular complexity index is 293. The number of rotatable bonds is 3. The molecule has 0 unspecified atom stereocenters. The first-order chi connectivity index (χ1) is 5.77. The van der Waals surface area contributed by atoms with Gasteiger partial charge in [0.25, 0.3) is 0 Å². The third-order valence-electron chi connectivity index (χ3n) is 1.81. The van der Waals surface area contributed by atoms with Gasteiger partial charge in [-0.2, -0.15) is 10.4 Å². The van der Waals surface area contributed by atoms with E-state index in [1.807, 2.05) is 13.2 Å². The molecule has 0 saturated heterocycles. The Hall–Kier alpha value is -1.30. The summed E-state index contributed by atoms with van der Waals surface area (Å²) < 4.78 is 1.70. The second-order valence-electron chi connectivity index (χ2n) is 2.89. The van der Waals surface area contributed by atoms with Crippen LogP contribution in [0.2, 0.25) is 0 Å². The van der Waals surface area contributed by atoms with E-state index in [2.05, 4.69) is 18.1 Å². The van der Waals surface area contributed by atoms with Gasteiger partial charge in [-0.05, 0) is 12.8 Å². The number of hydrogen-bond donors (Lipinski definition) is 0. The highest BCUT2D eigenvalue weighted by Gasteiger charge is 2.04. The van der Waals surface area contributed by atoms with E-state index < -0.39 is 0 Å². The van der Waals surface area contributed by atoms with Crippen molar-refractivity contribution in [3.05, 3.63) is 17.5 Å². The molecule has 1 aromatic heterocycles. The number of unbranched alkanes of at least 4 members (excludes halogenated alkanes) is 1. The van der Waals surface area contributed by atoms with Gasteiger partial charge in [-0.1, -0.05) is 13.3 Å². The molecule has 0 saturated carbocycles. The van der Waals surface area contributed by atoms with E-state index in [4.69, 9.17) is 5.26 Å². The van der Waals surface area contributed by atoms with Crippen LogP contribution in [0.5, 0.6) is 0 Å². The van der Waals surface area contributed by atoms with E-state index >= 15 is 0 Å². The average molecular weight is 163 g/mol. The molecule has 0 bridgehead atoms. The summed E-state index contributed by atoms with van der Waals surface area (Å²) in [5, 5.41) is 12.7. The zero-order valence-electron chi connectivity index (χ0n) is 7.54. The van der Waals surface area contributed by atoms with Crippen LogP contribution in [0, 0.1) is 11.3 Å². The van der Waals surface area contributed by atoms with Gasteiger partial charge in [-0.25, -0.2) is 0 Å². The quantitative estimate of drug-likeness (QED) is 0.679. The van der Waals surface area contributed by atoms with Crippen LogP contribution in [-0.2, 0) is 13.5 Å². The normalized spacial score (nSPS) is 9.75. The lowest BCUT2D eigenvalue weighted by atomic mass is 10.1. The predicted molar refractivity (Wildman–Crippen MR) is 46.5 cm³/mol. The summed E-state index contributed by atoms with van der Waals surface area (Å²) in [4.78, 5) is 0. The molecule has 3 nitrogen and oxygen atoms in total. The molecule has 64 valence electrons. The van der Waals surface area contributed by atoms with E-state index in [1.165, 1.54) is 0 Å². The van der Waals surface area contributed by atoms with Crippen molar-refractivity contribution >= 4 is 0 Å². The smallest absolute Gasteiger partial charge is 0.165 e. The standard InChI is InChI=1S/C9H13N3/c1-3-4-5-8-7-12(2)11-9(8)6-10/h7H,3-5H2,1-2H3. The first-order valence-electron chi connectivity index (χ1n) is 4.20. The van der Waals surface area contributed by atoms with Crippen molar-refractivity contribution in [1.82, 2.24) is 9.78 Å². The molecule has 0 spiro atoms. The van der Waals surface area contributed by atoms with Crippen LogP contribution in [0.25, 0.3) is 0 Å². The topological polar surface area (TPSA) is 41.6 Å². The molecule has 3 heteroatoms. The maximum Gasteiger partial charge on any atom is 0.165 e. The SMILES string of the molecule is CCCCc1cn(C)nc1C#N. The van der Waals surface area contributed by atoms with E-state index in [0.29, 0.717) is 5.69 Å². The number of nitriles is 1. The first kappa shape index (κ1) is 8.79. The molecule has 0 aliphatic heterocycles. The molecular weight excluding hydrogens is 150 g/mol. The van der Waals surface area contributed by atoms with Gasteiger partial charge in [0.15, 0.2) is 5.69 Å². The van der Waals surface area contributed by atoms with Gasteiger partial charge in [0.2, 0.25) is 0 Å². The Kier molecular flexibility index (Phi) is 2.87. The molecule has 12 heavy (non-hydrogen) atoms. The van der Waals surface area contributed by atoms with Gasteiger partial charge < -0.3 is 0 Å². The molecule has 1 rings (SSSR count). The molecule has 1 aromatic rings. The lowest BCUT2D eigenvalue weighted by Gasteiger charge is -1.92. The van der Waals surface area contributed by atoms with Crippen molar-refractivity contribution in [2.24, 2.45) is 7.05 Å². The minimum absolute atomic E-state index is 0.575. The maximum absolute atomic E-state index is 8.71. The minimum Gasteiger partial charge on any atom is -0.274 e. The van der Waals surface area contributed by atoms with Gasteiger partial charge in [0.1, 0.15) is 6.07 Å². The Labute approximate surface area is 72.6 Å². The largest absolute Gasteiger partial charge is 0.274 e. The predicted octanol–water partition coefficient (Wildman–Crippen LogP) is 1.63. The van der Waals surface area contributed by atoms with Crippen LogP contribution >= 0.6 is 0 Å². The molecule has 1 heterocycles. The number of hydrogen-bond acceptors (Lipinski definition) is 2. The van der Waals surface area contributed by atoms with Crippen LogP contribution in [0.1, 0.15) is 31.0 Å². The monoisotopic (exact) mass is 163 g/mol. The summed E-state index contributed by atoms with van der Waals surface area (Å²) in [6.45, 7) is 2.14. The van der Waals surface area contributed by atoms with Crippen molar-refractivity contribution in [2.45, 2.75) is 26.2 Å². The molecule has 0 fully saturated rings. The van der Waals surface area contributed by atoms with E-state index in [-0.39, 0.29) is 0 Å². The highest BCUT2D eigenvalue weighted by atomic mass is 15.2. The second-order valence-corrected chi connectivity index (χ2v) is 2.89. The second kappa shape index (κ2) is 3.91. The Morgan fingerprint density at radius 2 is 2.42 bits per heavy atom. The van der Waals surface area contributed by atoms with Crippen molar-refractivity contribution < 1.29 is 0 Å². The lowest BCUT2D eigenvalue weighted by Crippen LogP contribution is -1.87. The molecule has 0 aromatic carbocycles. The molecule has 0 aliphatic carbocycles. The maximum atomic E-state index is 8.71. The van der Waals surface area contributed by atoms with Crippen LogP contribution in [-0.4, -0.2) is 9.78 Å². The molecule has 0 amide bonds. The van der Waals surface area contributed by atoms with Crippen LogP contribution in [0.4, 0.5) is 0 Å². The Morgan fingerprint density at radius 3 is 3.00 bits per heavy atom. The average Bonchev–Trinajstić information content (AvgIpc) is 2.42. The van der Waals surface area contributed by atoms with Crippen molar-refractivity contribution in [1.29, 1.82) is 5.26 Å². The van der Waals surface area contributed by atoms with Gasteiger partial charge in [0.05, 0.1) is 0 Å². The zero-order chi connectivity index (χ0) is 8.97. The third-order valence-corrected chi connectivity index (χ3v) is 1.81. The van der Waals surface area contributed by atoms with Gasteiger partial charge in [-0.15, -0.1) is 0 Å². The molecule has 0 radical (unpaired) electrons. The first-order valence-corrected chi connectivity index (χ1v) is 4.20.